The van der Waals surface area contributed by atoms with Crippen LogP contribution in [0.5, 0.6) is 0 Å². The zero-order chi connectivity index (χ0) is 25.5. The molecule has 2 amide bonds. The summed E-state index contributed by atoms with van der Waals surface area (Å²) in [6.45, 7) is 11.8. The monoisotopic (exact) mass is 479 g/mol. The quantitative estimate of drug-likeness (QED) is 0.465. The van der Waals surface area contributed by atoms with Gasteiger partial charge in [0, 0.05) is 26.0 Å². The number of methoxy groups -OCH3 is 1. The van der Waals surface area contributed by atoms with Gasteiger partial charge in [-0.15, -0.1) is 0 Å². The molecule has 12 nitrogen and oxygen atoms in total. The summed E-state index contributed by atoms with van der Waals surface area (Å²) in [7, 11) is 1.53. The third kappa shape index (κ3) is 8.32. The van der Waals surface area contributed by atoms with Crippen molar-refractivity contribution in [3.8, 4) is 0 Å². The van der Waals surface area contributed by atoms with Crippen LogP contribution in [0.4, 0.5) is 10.7 Å². The summed E-state index contributed by atoms with van der Waals surface area (Å²) >= 11 is 0. The Morgan fingerprint density at radius 1 is 1.21 bits per heavy atom. The summed E-state index contributed by atoms with van der Waals surface area (Å²) in [5.74, 6) is 0.637. The van der Waals surface area contributed by atoms with E-state index in [1.165, 1.54) is 7.11 Å². The van der Waals surface area contributed by atoms with Crippen LogP contribution < -0.4 is 16.4 Å². The van der Waals surface area contributed by atoms with Crippen LogP contribution in [-0.4, -0.2) is 50.4 Å². The van der Waals surface area contributed by atoms with Gasteiger partial charge in [0.2, 0.25) is 5.91 Å². The van der Waals surface area contributed by atoms with Crippen molar-refractivity contribution in [1.29, 1.82) is 0 Å². The Morgan fingerprint density at radius 3 is 2.47 bits per heavy atom. The van der Waals surface area contributed by atoms with Crippen molar-refractivity contribution in [2.24, 2.45) is 5.41 Å². The number of alkyl carbamates (subject to hydrolysis) is 1. The molecule has 0 fully saturated rings. The molecule has 2 heterocycles. The molecule has 2 aromatic heterocycles. The lowest BCUT2D eigenvalue weighted by molar-refractivity contribution is -0.125. The number of imidazole rings is 1. The van der Waals surface area contributed by atoms with Gasteiger partial charge in [0.25, 0.3) is 5.89 Å². The van der Waals surface area contributed by atoms with Gasteiger partial charge in [-0.05, 0) is 39.0 Å². The number of aromatic nitrogens is 4. The highest BCUT2D eigenvalue weighted by atomic mass is 16.6. The number of ether oxygens (including phenoxy) is 2. The predicted molar refractivity (Wildman–Crippen MR) is 124 cm³/mol. The average molecular weight is 480 g/mol. The number of aryl methyl sites for hydroxylation is 1. The van der Waals surface area contributed by atoms with Gasteiger partial charge in [0.05, 0.1) is 6.04 Å². The second kappa shape index (κ2) is 11.3. The number of carbonyl (C=O) groups is 2. The summed E-state index contributed by atoms with van der Waals surface area (Å²) < 4.78 is 17.4. The fraction of sp³-hybridized carbons (Fsp3) is 0.682. The lowest BCUT2D eigenvalue weighted by atomic mass is 9.86. The van der Waals surface area contributed by atoms with Crippen molar-refractivity contribution in [3.63, 3.8) is 0 Å². The highest BCUT2D eigenvalue weighted by Crippen LogP contribution is 2.31. The molecule has 12 heteroatoms. The fourth-order valence-electron chi connectivity index (χ4n) is 3.19. The number of carbonyl (C=O) groups excluding carboxylic acids is 2. The number of hydrogen-bond acceptors (Lipinski definition) is 9. The molecule has 0 aliphatic carbocycles. The van der Waals surface area contributed by atoms with E-state index in [-0.39, 0.29) is 12.5 Å². The van der Waals surface area contributed by atoms with Gasteiger partial charge in [-0.25, -0.2) is 9.78 Å². The fourth-order valence-corrected chi connectivity index (χ4v) is 3.19. The van der Waals surface area contributed by atoms with E-state index in [1.54, 1.807) is 37.7 Å². The van der Waals surface area contributed by atoms with Gasteiger partial charge >= 0.3 is 6.09 Å². The maximum absolute atomic E-state index is 13.3. The van der Waals surface area contributed by atoms with E-state index < -0.39 is 29.2 Å². The summed E-state index contributed by atoms with van der Waals surface area (Å²) in [4.78, 5) is 34.1. The number of nitrogen functional groups attached to an aromatic ring is 1. The van der Waals surface area contributed by atoms with Crippen molar-refractivity contribution in [3.05, 3.63) is 24.1 Å². The van der Waals surface area contributed by atoms with Gasteiger partial charge in [0.15, 0.2) is 11.8 Å². The lowest BCUT2D eigenvalue weighted by Gasteiger charge is -2.31. The SMILES string of the molecule is COCc1nc([C@@H](NC(=O)[C@H](CCCn2ccnc2N)NC(=O)OC(C)(C)C)C(C)(C)C)no1. The Balaban J connectivity index is 2.16. The first-order valence-electron chi connectivity index (χ1n) is 11.2. The van der Waals surface area contributed by atoms with Crippen molar-refractivity contribution >= 4 is 17.9 Å². The molecule has 0 radical (unpaired) electrons. The molecule has 190 valence electrons. The highest BCUT2D eigenvalue weighted by Gasteiger charge is 2.34. The third-order valence-corrected chi connectivity index (χ3v) is 4.81. The van der Waals surface area contributed by atoms with E-state index in [9.17, 15) is 9.59 Å². The summed E-state index contributed by atoms with van der Waals surface area (Å²) in [5, 5.41) is 9.67. The molecule has 0 bridgehead atoms. The Bertz CT molecular complexity index is 942. The maximum Gasteiger partial charge on any atom is 0.408 e. The van der Waals surface area contributed by atoms with Crippen molar-refractivity contribution in [1.82, 2.24) is 30.3 Å². The number of nitrogens with one attached hydrogen (secondary N) is 2. The number of nitrogens with zero attached hydrogens (tertiary/aromatic N) is 4. The first-order chi connectivity index (χ1) is 15.8. The molecule has 2 atom stereocenters. The smallest absolute Gasteiger partial charge is 0.408 e. The normalized spacial score (nSPS) is 13.9. The number of nitrogens with two attached hydrogens (primary N) is 1. The summed E-state index contributed by atoms with van der Waals surface area (Å²) in [6.07, 6.45) is 3.60. The zero-order valence-electron chi connectivity index (χ0n) is 21.0. The topological polar surface area (TPSA) is 159 Å². The highest BCUT2D eigenvalue weighted by molar-refractivity contribution is 5.86. The van der Waals surface area contributed by atoms with E-state index in [0.717, 1.165) is 0 Å². The Hall–Kier alpha value is -3.15. The molecule has 2 rings (SSSR count). The second-order valence-corrected chi connectivity index (χ2v) is 10.1. The van der Waals surface area contributed by atoms with Crippen LogP contribution in [0, 0.1) is 5.41 Å². The van der Waals surface area contributed by atoms with Crippen LogP contribution >= 0.6 is 0 Å². The Morgan fingerprint density at radius 2 is 1.91 bits per heavy atom. The van der Waals surface area contributed by atoms with Gasteiger partial charge in [-0.3, -0.25) is 4.79 Å². The van der Waals surface area contributed by atoms with Gasteiger partial charge < -0.3 is 34.9 Å². The summed E-state index contributed by atoms with van der Waals surface area (Å²) in [5.41, 5.74) is 4.68. The molecular formula is C22H37N7O5. The number of anilines is 1. The molecule has 4 N–H and O–H groups in total. The predicted octanol–water partition coefficient (Wildman–Crippen LogP) is 2.57. The van der Waals surface area contributed by atoms with Gasteiger partial charge in [-0.2, -0.15) is 4.98 Å². The molecule has 2 aromatic rings. The van der Waals surface area contributed by atoms with E-state index in [0.29, 0.717) is 37.0 Å². The molecule has 0 aliphatic rings. The summed E-state index contributed by atoms with van der Waals surface area (Å²) in [6, 6.07) is -1.42. The average Bonchev–Trinajstić information content (AvgIpc) is 3.32. The van der Waals surface area contributed by atoms with E-state index in [1.807, 2.05) is 20.8 Å². The molecular weight excluding hydrogens is 442 g/mol. The van der Waals surface area contributed by atoms with Crippen molar-refractivity contribution in [2.45, 2.75) is 85.2 Å². The van der Waals surface area contributed by atoms with Crippen LogP contribution in [0.1, 0.15) is 72.1 Å². The van der Waals surface area contributed by atoms with Crippen LogP contribution in [-0.2, 0) is 27.4 Å². The maximum atomic E-state index is 13.3. The molecule has 0 spiro atoms. The molecule has 0 unspecified atom stereocenters. The number of amides is 2. The number of rotatable bonds is 10. The van der Waals surface area contributed by atoms with Crippen molar-refractivity contribution < 1.29 is 23.6 Å². The van der Waals surface area contributed by atoms with Crippen molar-refractivity contribution in [2.75, 3.05) is 12.8 Å². The molecule has 0 saturated carbocycles. The standard InChI is InChI=1S/C22H37N7O5/c1-21(2,3)16(17-26-15(13-32-7)34-28-17)27-18(30)14(25-20(31)33-22(4,5)6)9-8-11-29-12-10-24-19(29)23/h10,12,14,16H,8-9,11,13H2,1-7H3,(H2,23,24)(H,25,31)(H,27,30)/t14-,16+/m0/s1. The molecule has 34 heavy (non-hydrogen) atoms. The van der Waals surface area contributed by atoms with Gasteiger partial charge in [0.1, 0.15) is 18.2 Å². The molecule has 0 saturated heterocycles. The second-order valence-electron chi connectivity index (χ2n) is 10.1. The van der Waals surface area contributed by atoms with Crippen LogP contribution in [0.3, 0.4) is 0 Å². The minimum absolute atomic E-state index is 0.165. The zero-order valence-corrected chi connectivity index (χ0v) is 21.0. The van der Waals surface area contributed by atoms with E-state index in [4.69, 9.17) is 19.7 Å². The largest absolute Gasteiger partial charge is 0.444 e. The van der Waals surface area contributed by atoms with Crippen LogP contribution in [0.2, 0.25) is 0 Å². The Kier molecular flexibility index (Phi) is 9.02. The third-order valence-electron chi connectivity index (χ3n) is 4.81. The number of hydrogen-bond donors (Lipinski definition) is 3. The first kappa shape index (κ1) is 27.1. The Labute approximate surface area is 200 Å². The minimum atomic E-state index is -0.852. The van der Waals surface area contributed by atoms with E-state index in [2.05, 4.69) is 25.8 Å². The molecule has 0 aliphatic heterocycles. The molecule has 0 aromatic carbocycles. The van der Waals surface area contributed by atoms with Crippen LogP contribution in [0.25, 0.3) is 0 Å². The lowest BCUT2D eigenvalue weighted by Crippen LogP contribution is -2.50. The minimum Gasteiger partial charge on any atom is -0.444 e. The van der Waals surface area contributed by atoms with Gasteiger partial charge in [-0.1, -0.05) is 25.9 Å². The van der Waals surface area contributed by atoms with Crippen LogP contribution in [0.15, 0.2) is 16.9 Å². The van der Waals surface area contributed by atoms with E-state index >= 15 is 0 Å². The first-order valence-corrected chi connectivity index (χ1v) is 11.2.